The largest absolute Gasteiger partial charge is 0.366 e. The molecule has 0 aromatic heterocycles. The lowest BCUT2D eigenvalue weighted by Gasteiger charge is -2.21. The van der Waals surface area contributed by atoms with Crippen molar-refractivity contribution in [1.29, 1.82) is 0 Å². The van der Waals surface area contributed by atoms with Gasteiger partial charge in [-0.3, -0.25) is 4.79 Å². The van der Waals surface area contributed by atoms with Gasteiger partial charge in [-0.2, -0.15) is 0 Å². The average molecular weight is 258 g/mol. The number of primary amides is 1. The molecule has 0 spiro atoms. The predicted molar refractivity (Wildman–Crippen MR) is 75.6 cm³/mol. The Morgan fingerprint density at radius 3 is 2.89 bits per heavy atom. The van der Waals surface area contributed by atoms with Gasteiger partial charge in [-0.15, -0.1) is 0 Å². The molecule has 3 N–H and O–H groups in total. The third-order valence-corrected chi connectivity index (χ3v) is 4.83. The van der Waals surface area contributed by atoms with Gasteiger partial charge < -0.3 is 11.1 Å². The topological polar surface area (TPSA) is 55.1 Å². The first-order valence-corrected chi connectivity index (χ1v) is 7.32. The van der Waals surface area contributed by atoms with Crippen LogP contribution in [0.4, 0.5) is 0 Å². The second-order valence-electron chi connectivity index (χ2n) is 6.13. The number of carbonyl (C=O) groups excluding carboxylic acids is 1. The Labute approximate surface area is 114 Å². The fourth-order valence-corrected chi connectivity index (χ4v) is 3.86. The summed E-state index contributed by atoms with van der Waals surface area (Å²) in [6.07, 6.45) is 5.78. The third kappa shape index (κ3) is 2.81. The number of fused-ring (bicyclic) bond motifs is 2. The molecular formula is C16H22N2O. The van der Waals surface area contributed by atoms with Crippen LogP contribution in [0.25, 0.3) is 0 Å². The molecule has 0 aliphatic heterocycles. The van der Waals surface area contributed by atoms with Crippen LogP contribution < -0.4 is 11.1 Å². The summed E-state index contributed by atoms with van der Waals surface area (Å²) in [5.74, 6) is 2.50. The highest BCUT2D eigenvalue weighted by Crippen LogP contribution is 2.47. The highest BCUT2D eigenvalue weighted by molar-refractivity contribution is 5.92. The average Bonchev–Trinajstić information content (AvgIpc) is 3.01. The number of hydrogen-bond acceptors (Lipinski definition) is 2. The fraction of sp³-hybridized carbons (Fsp3) is 0.562. The van der Waals surface area contributed by atoms with Crippen molar-refractivity contribution in [3.63, 3.8) is 0 Å². The minimum absolute atomic E-state index is 0.352. The van der Waals surface area contributed by atoms with E-state index in [9.17, 15) is 4.79 Å². The molecule has 0 saturated heterocycles. The Kier molecular flexibility index (Phi) is 3.56. The van der Waals surface area contributed by atoms with Crippen LogP contribution in [0.1, 0.15) is 41.6 Å². The normalized spacial score (nSPS) is 28.7. The van der Waals surface area contributed by atoms with E-state index < -0.39 is 0 Å². The molecule has 3 nitrogen and oxygen atoms in total. The van der Waals surface area contributed by atoms with Gasteiger partial charge in [0.2, 0.25) is 5.91 Å². The Morgan fingerprint density at radius 1 is 1.32 bits per heavy atom. The van der Waals surface area contributed by atoms with Gasteiger partial charge in [0.15, 0.2) is 0 Å². The van der Waals surface area contributed by atoms with Gasteiger partial charge in [-0.05, 0) is 61.3 Å². The summed E-state index contributed by atoms with van der Waals surface area (Å²) in [5, 5.41) is 3.54. The van der Waals surface area contributed by atoms with Gasteiger partial charge in [-0.1, -0.05) is 18.6 Å². The molecule has 102 valence electrons. The van der Waals surface area contributed by atoms with Crippen LogP contribution in [0.2, 0.25) is 0 Å². The molecular weight excluding hydrogens is 236 g/mol. The van der Waals surface area contributed by atoms with Crippen molar-refractivity contribution >= 4 is 5.91 Å². The summed E-state index contributed by atoms with van der Waals surface area (Å²) < 4.78 is 0. The van der Waals surface area contributed by atoms with E-state index in [1.807, 2.05) is 18.2 Å². The molecule has 3 rings (SSSR count). The zero-order chi connectivity index (χ0) is 13.2. The number of rotatable bonds is 5. The van der Waals surface area contributed by atoms with Crippen LogP contribution in [0.15, 0.2) is 24.3 Å². The lowest BCUT2D eigenvalue weighted by Crippen LogP contribution is -2.26. The number of nitrogens with one attached hydrogen (secondary N) is 1. The molecule has 3 atom stereocenters. The Hall–Kier alpha value is -1.35. The highest BCUT2D eigenvalue weighted by Gasteiger charge is 2.38. The Morgan fingerprint density at radius 2 is 2.21 bits per heavy atom. The summed E-state index contributed by atoms with van der Waals surface area (Å²) in [6.45, 7) is 1.94. The van der Waals surface area contributed by atoms with E-state index in [1.165, 1.54) is 25.7 Å². The molecule has 1 aromatic rings. The maximum atomic E-state index is 11.1. The monoisotopic (exact) mass is 258 g/mol. The quantitative estimate of drug-likeness (QED) is 0.851. The fourth-order valence-electron chi connectivity index (χ4n) is 3.86. The van der Waals surface area contributed by atoms with E-state index in [0.29, 0.717) is 5.56 Å². The SMILES string of the molecule is NC(=O)c1cccc(CNCC2CC3CCC2C3)c1. The van der Waals surface area contributed by atoms with Gasteiger partial charge >= 0.3 is 0 Å². The molecule has 3 unspecified atom stereocenters. The molecule has 2 aliphatic rings. The van der Waals surface area contributed by atoms with Crippen LogP contribution >= 0.6 is 0 Å². The van der Waals surface area contributed by atoms with Gasteiger partial charge in [0, 0.05) is 12.1 Å². The molecule has 1 amide bonds. The number of carbonyl (C=O) groups is 1. The molecule has 3 heteroatoms. The van der Waals surface area contributed by atoms with Crippen LogP contribution in [-0.2, 0) is 6.54 Å². The molecule has 1 aromatic carbocycles. The highest BCUT2D eigenvalue weighted by atomic mass is 16.1. The third-order valence-electron chi connectivity index (χ3n) is 4.83. The molecule has 2 fully saturated rings. The van der Waals surface area contributed by atoms with Crippen molar-refractivity contribution in [2.75, 3.05) is 6.54 Å². The predicted octanol–water partition coefficient (Wildman–Crippen LogP) is 2.31. The first-order chi connectivity index (χ1) is 9.22. The lowest BCUT2D eigenvalue weighted by molar-refractivity contribution is 0.1000. The number of hydrogen-bond donors (Lipinski definition) is 2. The van der Waals surface area contributed by atoms with E-state index in [0.717, 1.165) is 36.4 Å². The van der Waals surface area contributed by atoms with Crippen molar-refractivity contribution in [1.82, 2.24) is 5.32 Å². The molecule has 0 radical (unpaired) electrons. The van der Waals surface area contributed by atoms with E-state index in [1.54, 1.807) is 6.07 Å². The minimum Gasteiger partial charge on any atom is -0.366 e. The van der Waals surface area contributed by atoms with E-state index in [4.69, 9.17) is 5.73 Å². The summed E-state index contributed by atoms with van der Waals surface area (Å²) in [6, 6.07) is 7.59. The van der Waals surface area contributed by atoms with E-state index in [2.05, 4.69) is 5.32 Å². The van der Waals surface area contributed by atoms with Crippen molar-refractivity contribution < 1.29 is 4.79 Å². The molecule has 2 aliphatic carbocycles. The first-order valence-electron chi connectivity index (χ1n) is 7.32. The number of nitrogens with two attached hydrogens (primary N) is 1. The zero-order valence-electron chi connectivity index (χ0n) is 11.3. The minimum atomic E-state index is -0.352. The standard InChI is InChI=1S/C16H22N2O/c17-16(19)14-3-1-2-12(8-14)9-18-10-15-7-11-4-5-13(15)6-11/h1-3,8,11,13,15,18H,4-7,9-10H2,(H2,17,19). The van der Waals surface area contributed by atoms with Gasteiger partial charge in [-0.25, -0.2) is 0 Å². The summed E-state index contributed by atoms with van der Waals surface area (Å²) in [4.78, 5) is 11.1. The maximum absolute atomic E-state index is 11.1. The summed E-state index contributed by atoms with van der Waals surface area (Å²) in [5.41, 5.74) is 7.03. The van der Waals surface area contributed by atoms with Crippen LogP contribution in [-0.4, -0.2) is 12.5 Å². The smallest absolute Gasteiger partial charge is 0.248 e. The van der Waals surface area contributed by atoms with E-state index >= 15 is 0 Å². The number of benzene rings is 1. The summed E-state index contributed by atoms with van der Waals surface area (Å²) >= 11 is 0. The Bertz CT molecular complexity index is 472. The second-order valence-corrected chi connectivity index (χ2v) is 6.13. The van der Waals surface area contributed by atoms with Crippen LogP contribution in [0, 0.1) is 17.8 Å². The van der Waals surface area contributed by atoms with Crippen molar-refractivity contribution in [2.24, 2.45) is 23.5 Å². The van der Waals surface area contributed by atoms with Crippen molar-refractivity contribution in [2.45, 2.75) is 32.2 Å². The van der Waals surface area contributed by atoms with Crippen molar-refractivity contribution in [3.05, 3.63) is 35.4 Å². The maximum Gasteiger partial charge on any atom is 0.248 e. The molecule has 2 bridgehead atoms. The van der Waals surface area contributed by atoms with Gasteiger partial charge in [0.05, 0.1) is 0 Å². The van der Waals surface area contributed by atoms with Gasteiger partial charge in [0.1, 0.15) is 0 Å². The molecule has 0 heterocycles. The molecule has 19 heavy (non-hydrogen) atoms. The first kappa shape index (κ1) is 12.7. The number of amides is 1. The van der Waals surface area contributed by atoms with Crippen LogP contribution in [0.5, 0.6) is 0 Å². The van der Waals surface area contributed by atoms with E-state index in [-0.39, 0.29) is 5.91 Å². The summed E-state index contributed by atoms with van der Waals surface area (Å²) in [7, 11) is 0. The van der Waals surface area contributed by atoms with Gasteiger partial charge in [0.25, 0.3) is 0 Å². The Balaban J connectivity index is 1.50. The molecule has 2 saturated carbocycles. The lowest BCUT2D eigenvalue weighted by atomic mass is 9.89. The van der Waals surface area contributed by atoms with Crippen LogP contribution in [0.3, 0.4) is 0 Å². The zero-order valence-corrected chi connectivity index (χ0v) is 11.3. The second kappa shape index (κ2) is 5.33. The van der Waals surface area contributed by atoms with Crippen molar-refractivity contribution in [3.8, 4) is 0 Å².